The SMILES string of the molecule is COc1ccc(O)c(C(=O)NC2(CN)CCCCC2C)c1. The molecule has 2 unspecified atom stereocenters. The molecule has 0 bridgehead atoms. The molecule has 1 aromatic carbocycles. The monoisotopic (exact) mass is 292 g/mol. The van der Waals surface area contributed by atoms with Gasteiger partial charge in [0.15, 0.2) is 0 Å². The minimum Gasteiger partial charge on any atom is -0.507 e. The van der Waals surface area contributed by atoms with Gasteiger partial charge in [0, 0.05) is 6.54 Å². The first-order valence-corrected chi connectivity index (χ1v) is 7.42. The highest BCUT2D eigenvalue weighted by Gasteiger charge is 2.38. The van der Waals surface area contributed by atoms with Crippen molar-refractivity contribution in [2.24, 2.45) is 11.7 Å². The van der Waals surface area contributed by atoms with Crippen molar-refractivity contribution in [3.8, 4) is 11.5 Å². The molecule has 0 aliphatic heterocycles. The molecule has 2 atom stereocenters. The number of phenolic OH excluding ortho intramolecular Hbond substituents is 1. The van der Waals surface area contributed by atoms with E-state index in [9.17, 15) is 9.90 Å². The van der Waals surface area contributed by atoms with Gasteiger partial charge in [-0.1, -0.05) is 19.8 Å². The highest BCUT2D eigenvalue weighted by molar-refractivity contribution is 5.97. The Labute approximate surface area is 125 Å². The average Bonchev–Trinajstić information content (AvgIpc) is 2.50. The van der Waals surface area contributed by atoms with Gasteiger partial charge >= 0.3 is 0 Å². The van der Waals surface area contributed by atoms with Gasteiger partial charge in [-0.05, 0) is 37.0 Å². The van der Waals surface area contributed by atoms with Crippen LogP contribution < -0.4 is 15.8 Å². The van der Waals surface area contributed by atoms with Gasteiger partial charge in [-0.25, -0.2) is 0 Å². The normalized spacial score (nSPS) is 25.4. The van der Waals surface area contributed by atoms with Crippen LogP contribution in [0.4, 0.5) is 0 Å². The Morgan fingerprint density at radius 1 is 1.52 bits per heavy atom. The molecule has 0 aromatic heterocycles. The van der Waals surface area contributed by atoms with E-state index in [0.717, 1.165) is 19.3 Å². The Kier molecular flexibility index (Phi) is 4.73. The lowest BCUT2D eigenvalue weighted by Gasteiger charge is -2.42. The summed E-state index contributed by atoms with van der Waals surface area (Å²) in [5, 5.41) is 13.0. The molecule has 1 saturated carbocycles. The van der Waals surface area contributed by atoms with Gasteiger partial charge < -0.3 is 20.9 Å². The standard InChI is InChI=1S/C16H24N2O3/c1-11-5-3-4-8-16(11,10-17)18-15(20)13-9-12(21-2)6-7-14(13)19/h6-7,9,11,19H,3-5,8,10,17H2,1-2H3,(H,18,20). The maximum absolute atomic E-state index is 12.5. The fourth-order valence-corrected chi connectivity index (χ4v) is 3.07. The second kappa shape index (κ2) is 6.35. The number of amides is 1. The van der Waals surface area contributed by atoms with Gasteiger partial charge in [0.1, 0.15) is 11.5 Å². The molecule has 0 saturated heterocycles. The quantitative estimate of drug-likeness (QED) is 0.793. The van der Waals surface area contributed by atoms with Crippen LogP contribution in [-0.4, -0.2) is 30.2 Å². The van der Waals surface area contributed by atoms with Crippen molar-refractivity contribution < 1.29 is 14.6 Å². The smallest absolute Gasteiger partial charge is 0.255 e. The highest BCUT2D eigenvalue weighted by Crippen LogP contribution is 2.34. The third kappa shape index (κ3) is 3.13. The molecule has 4 N–H and O–H groups in total. The number of aromatic hydroxyl groups is 1. The summed E-state index contributed by atoms with van der Waals surface area (Å²) in [7, 11) is 1.53. The van der Waals surface area contributed by atoms with Crippen LogP contribution in [0.3, 0.4) is 0 Å². The number of hydrogen-bond donors (Lipinski definition) is 3. The second-order valence-corrected chi connectivity index (χ2v) is 5.84. The fourth-order valence-electron chi connectivity index (χ4n) is 3.07. The van der Waals surface area contributed by atoms with Crippen molar-refractivity contribution in [1.82, 2.24) is 5.32 Å². The minimum atomic E-state index is -0.384. The molecule has 2 rings (SSSR count). The summed E-state index contributed by atoms with van der Waals surface area (Å²) in [6.45, 7) is 2.53. The van der Waals surface area contributed by atoms with E-state index >= 15 is 0 Å². The minimum absolute atomic E-state index is 0.0519. The molecule has 1 aliphatic carbocycles. The van der Waals surface area contributed by atoms with Crippen LogP contribution >= 0.6 is 0 Å². The summed E-state index contributed by atoms with van der Waals surface area (Å²) in [6, 6.07) is 4.63. The van der Waals surface area contributed by atoms with Crippen molar-refractivity contribution in [2.75, 3.05) is 13.7 Å². The van der Waals surface area contributed by atoms with Gasteiger partial charge in [-0.3, -0.25) is 4.79 Å². The molecule has 116 valence electrons. The van der Waals surface area contributed by atoms with E-state index in [0.29, 0.717) is 18.2 Å². The number of carbonyl (C=O) groups is 1. The first-order valence-electron chi connectivity index (χ1n) is 7.42. The van der Waals surface area contributed by atoms with E-state index in [-0.39, 0.29) is 22.8 Å². The summed E-state index contributed by atoms with van der Waals surface area (Å²) < 4.78 is 5.11. The number of phenols is 1. The Hall–Kier alpha value is -1.75. The summed E-state index contributed by atoms with van der Waals surface area (Å²) in [4.78, 5) is 12.5. The topological polar surface area (TPSA) is 84.6 Å². The predicted molar refractivity (Wildman–Crippen MR) is 81.5 cm³/mol. The molecule has 0 heterocycles. The fraction of sp³-hybridized carbons (Fsp3) is 0.562. The Balaban J connectivity index is 2.23. The molecule has 5 heteroatoms. The molecule has 1 aromatic rings. The molecule has 5 nitrogen and oxygen atoms in total. The summed E-state index contributed by atoms with van der Waals surface area (Å²) in [5.41, 5.74) is 5.79. The molecule has 0 radical (unpaired) electrons. The van der Waals surface area contributed by atoms with Gasteiger partial charge in [-0.2, -0.15) is 0 Å². The number of methoxy groups -OCH3 is 1. The Morgan fingerprint density at radius 3 is 2.90 bits per heavy atom. The summed E-state index contributed by atoms with van der Waals surface area (Å²) in [5.74, 6) is 0.513. The van der Waals surface area contributed by atoms with E-state index in [2.05, 4.69) is 12.2 Å². The first-order chi connectivity index (χ1) is 10.0. The third-order valence-corrected chi connectivity index (χ3v) is 4.63. The van der Waals surface area contributed by atoms with Crippen LogP contribution in [0.5, 0.6) is 11.5 Å². The maximum Gasteiger partial charge on any atom is 0.255 e. The molecule has 21 heavy (non-hydrogen) atoms. The van der Waals surface area contributed by atoms with E-state index in [4.69, 9.17) is 10.5 Å². The maximum atomic E-state index is 12.5. The second-order valence-electron chi connectivity index (χ2n) is 5.84. The largest absolute Gasteiger partial charge is 0.507 e. The Bertz CT molecular complexity index is 518. The first kappa shape index (κ1) is 15.6. The molecule has 1 fully saturated rings. The molecule has 1 aliphatic rings. The number of benzene rings is 1. The van der Waals surface area contributed by atoms with Crippen molar-refractivity contribution in [3.05, 3.63) is 23.8 Å². The van der Waals surface area contributed by atoms with Gasteiger partial charge in [-0.15, -0.1) is 0 Å². The zero-order valence-electron chi connectivity index (χ0n) is 12.7. The summed E-state index contributed by atoms with van der Waals surface area (Å²) in [6.07, 6.45) is 4.16. The molecular formula is C16H24N2O3. The number of hydrogen-bond acceptors (Lipinski definition) is 4. The molecule has 1 amide bonds. The lowest BCUT2D eigenvalue weighted by atomic mass is 9.73. The third-order valence-electron chi connectivity index (χ3n) is 4.63. The van der Waals surface area contributed by atoms with Crippen molar-refractivity contribution in [2.45, 2.75) is 38.1 Å². The number of ether oxygens (including phenoxy) is 1. The molecular weight excluding hydrogens is 268 g/mol. The van der Waals surface area contributed by atoms with E-state index in [1.165, 1.54) is 19.6 Å². The van der Waals surface area contributed by atoms with E-state index < -0.39 is 0 Å². The zero-order valence-corrected chi connectivity index (χ0v) is 12.7. The number of nitrogens with two attached hydrogens (primary N) is 1. The van der Waals surface area contributed by atoms with Gasteiger partial charge in [0.2, 0.25) is 0 Å². The van der Waals surface area contributed by atoms with Crippen LogP contribution in [0.2, 0.25) is 0 Å². The van der Waals surface area contributed by atoms with Gasteiger partial charge in [0.05, 0.1) is 18.2 Å². The van der Waals surface area contributed by atoms with Crippen molar-refractivity contribution in [3.63, 3.8) is 0 Å². The highest BCUT2D eigenvalue weighted by atomic mass is 16.5. The Morgan fingerprint density at radius 2 is 2.29 bits per heavy atom. The lowest BCUT2D eigenvalue weighted by molar-refractivity contribution is 0.0810. The van der Waals surface area contributed by atoms with E-state index in [1.54, 1.807) is 12.1 Å². The number of rotatable bonds is 4. The lowest BCUT2D eigenvalue weighted by Crippen LogP contribution is -2.59. The van der Waals surface area contributed by atoms with Crippen LogP contribution in [0.25, 0.3) is 0 Å². The van der Waals surface area contributed by atoms with Crippen molar-refractivity contribution in [1.29, 1.82) is 0 Å². The van der Waals surface area contributed by atoms with Crippen LogP contribution in [0.15, 0.2) is 18.2 Å². The zero-order chi connectivity index (χ0) is 15.5. The van der Waals surface area contributed by atoms with E-state index in [1.807, 2.05) is 0 Å². The van der Waals surface area contributed by atoms with Crippen LogP contribution in [0, 0.1) is 5.92 Å². The number of nitrogens with one attached hydrogen (secondary N) is 1. The van der Waals surface area contributed by atoms with Crippen LogP contribution in [0.1, 0.15) is 43.0 Å². The van der Waals surface area contributed by atoms with Crippen molar-refractivity contribution >= 4 is 5.91 Å². The number of carbonyl (C=O) groups excluding carboxylic acids is 1. The molecule has 0 spiro atoms. The van der Waals surface area contributed by atoms with Crippen LogP contribution in [-0.2, 0) is 0 Å². The van der Waals surface area contributed by atoms with Gasteiger partial charge in [0.25, 0.3) is 5.91 Å². The summed E-state index contributed by atoms with van der Waals surface area (Å²) >= 11 is 0. The predicted octanol–water partition coefficient (Wildman–Crippen LogP) is 2.04. The average molecular weight is 292 g/mol.